The fourth-order valence-electron chi connectivity index (χ4n) is 3.46. The Kier molecular flexibility index (Phi) is 5.13. The first-order valence-electron chi connectivity index (χ1n) is 8.98. The van der Waals surface area contributed by atoms with Gasteiger partial charge in [0, 0.05) is 6.54 Å². The lowest BCUT2D eigenvalue weighted by Gasteiger charge is -2.28. The first-order valence-corrected chi connectivity index (χ1v) is 9.86. The molecule has 4 rings (SSSR count). The number of carbonyl (C=O) groups is 1. The standard InChI is InChI=1S/C20H22N4OS/c25-20(17-13-16(22-23-17)19-9-6-12-26-19)21-14-18(24-10-4-5-11-24)15-7-2-1-3-8-15/h1-3,6-9,12-13,18H,4-5,10-11,14H2,(H,21,25)(H,22,23). The molecule has 0 saturated carbocycles. The van der Waals surface area contributed by atoms with E-state index in [0.717, 1.165) is 23.7 Å². The first kappa shape index (κ1) is 17.0. The van der Waals surface area contributed by atoms with Gasteiger partial charge in [-0.1, -0.05) is 36.4 Å². The molecule has 1 aromatic carbocycles. The Hall–Kier alpha value is -2.44. The average Bonchev–Trinajstić information content (AvgIpc) is 3.43. The van der Waals surface area contributed by atoms with Crippen LogP contribution in [0.1, 0.15) is 34.9 Å². The third-order valence-corrected chi connectivity index (χ3v) is 5.72. The molecule has 3 heterocycles. The molecule has 0 aliphatic carbocycles. The van der Waals surface area contributed by atoms with Gasteiger partial charge in [-0.25, -0.2) is 0 Å². The van der Waals surface area contributed by atoms with Gasteiger partial charge >= 0.3 is 0 Å². The second kappa shape index (κ2) is 7.85. The Morgan fingerprint density at radius 3 is 2.73 bits per heavy atom. The highest BCUT2D eigenvalue weighted by Gasteiger charge is 2.24. The lowest BCUT2D eigenvalue weighted by Crippen LogP contribution is -2.36. The molecule has 0 radical (unpaired) electrons. The molecular weight excluding hydrogens is 344 g/mol. The summed E-state index contributed by atoms with van der Waals surface area (Å²) in [6, 6.07) is 16.4. The minimum absolute atomic E-state index is 0.135. The van der Waals surface area contributed by atoms with E-state index in [2.05, 4.69) is 44.7 Å². The summed E-state index contributed by atoms with van der Waals surface area (Å²) >= 11 is 1.62. The number of thiophene rings is 1. The summed E-state index contributed by atoms with van der Waals surface area (Å²) in [6.45, 7) is 2.75. The topological polar surface area (TPSA) is 61.0 Å². The Morgan fingerprint density at radius 2 is 2.00 bits per heavy atom. The molecule has 6 heteroatoms. The zero-order chi connectivity index (χ0) is 17.8. The van der Waals surface area contributed by atoms with E-state index in [1.54, 1.807) is 11.3 Å². The first-order chi connectivity index (χ1) is 12.8. The van der Waals surface area contributed by atoms with Gasteiger partial charge in [-0.3, -0.25) is 14.8 Å². The van der Waals surface area contributed by atoms with Gasteiger partial charge in [0.05, 0.1) is 16.6 Å². The summed E-state index contributed by atoms with van der Waals surface area (Å²) < 4.78 is 0. The molecule has 26 heavy (non-hydrogen) atoms. The van der Waals surface area contributed by atoms with Crippen molar-refractivity contribution in [2.75, 3.05) is 19.6 Å². The zero-order valence-corrected chi connectivity index (χ0v) is 15.3. The number of aromatic amines is 1. The van der Waals surface area contributed by atoms with E-state index in [1.807, 2.05) is 29.6 Å². The Labute approximate surface area is 157 Å². The maximum absolute atomic E-state index is 12.6. The number of benzene rings is 1. The Balaban J connectivity index is 1.44. The number of hydrogen-bond donors (Lipinski definition) is 2. The van der Waals surface area contributed by atoms with E-state index in [-0.39, 0.29) is 11.9 Å². The Morgan fingerprint density at radius 1 is 1.19 bits per heavy atom. The van der Waals surface area contributed by atoms with E-state index >= 15 is 0 Å². The third-order valence-electron chi connectivity index (χ3n) is 4.82. The predicted molar refractivity (Wildman–Crippen MR) is 104 cm³/mol. The van der Waals surface area contributed by atoms with Crippen LogP contribution in [0, 0.1) is 0 Å². The van der Waals surface area contributed by atoms with E-state index in [1.165, 1.54) is 18.4 Å². The number of H-pyrrole nitrogens is 1. The third kappa shape index (κ3) is 3.71. The molecule has 134 valence electrons. The molecule has 1 saturated heterocycles. The largest absolute Gasteiger partial charge is 0.349 e. The maximum Gasteiger partial charge on any atom is 0.271 e. The van der Waals surface area contributed by atoms with Gasteiger partial charge < -0.3 is 5.32 Å². The van der Waals surface area contributed by atoms with Crippen molar-refractivity contribution in [3.8, 4) is 10.6 Å². The number of rotatable bonds is 6. The monoisotopic (exact) mass is 366 g/mol. The smallest absolute Gasteiger partial charge is 0.271 e. The molecule has 0 spiro atoms. The minimum Gasteiger partial charge on any atom is -0.349 e. The van der Waals surface area contributed by atoms with E-state index < -0.39 is 0 Å². The van der Waals surface area contributed by atoms with Crippen molar-refractivity contribution in [2.24, 2.45) is 0 Å². The second-order valence-electron chi connectivity index (χ2n) is 6.52. The van der Waals surface area contributed by atoms with Crippen LogP contribution in [0.15, 0.2) is 53.9 Å². The van der Waals surface area contributed by atoms with Crippen LogP contribution in [-0.2, 0) is 0 Å². The normalized spacial score (nSPS) is 15.8. The highest BCUT2D eigenvalue weighted by molar-refractivity contribution is 7.13. The molecule has 1 unspecified atom stereocenters. The van der Waals surface area contributed by atoms with Crippen LogP contribution in [0.5, 0.6) is 0 Å². The number of likely N-dealkylation sites (tertiary alicyclic amines) is 1. The summed E-state index contributed by atoms with van der Waals surface area (Å²) in [7, 11) is 0. The van der Waals surface area contributed by atoms with Gasteiger partial charge in [0.25, 0.3) is 5.91 Å². The zero-order valence-electron chi connectivity index (χ0n) is 14.5. The number of hydrogen-bond acceptors (Lipinski definition) is 4. The molecule has 1 amide bonds. The molecule has 1 aliphatic heterocycles. The van der Waals surface area contributed by atoms with Crippen LogP contribution in [0.2, 0.25) is 0 Å². The molecule has 5 nitrogen and oxygen atoms in total. The summed E-state index contributed by atoms with van der Waals surface area (Å²) in [5.41, 5.74) is 2.56. The highest BCUT2D eigenvalue weighted by Crippen LogP contribution is 2.25. The average molecular weight is 366 g/mol. The SMILES string of the molecule is O=C(NCC(c1ccccc1)N1CCCC1)c1cc(-c2cccs2)[nH]n1. The quantitative estimate of drug-likeness (QED) is 0.699. The van der Waals surface area contributed by atoms with Crippen LogP contribution < -0.4 is 5.32 Å². The predicted octanol–water partition coefficient (Wildman–Crippen LogP) is 3.71. The molecular formula is C20H22N4OS. The molecule has 2 N–H and O–H groups in total. The van der Waals surface area contributed by atoms with Crippen molar-refractivity contribution >= 4 is 17.2 Å². The molecule has 0 bridgehead atoms. The van der Waals surface area contributed by atoms with Gasteiger partial charge in [0.2, 0.25) is 0 Å². The lowest BCUT2D eigenvalue weighted by molar-refractivity contribution is 0.0933. The van der Waals surface area contributed by atoms with Crippen LogP contribution in [0.25, 0.3) is 10.6 Å². The number of amides is 1. The summed E-state index contributed by atoms with van der Waals surface area (Å²) in [5, 5.41) is 12.2. The molecule has 3 aromatic rings. The Bertz CT molecular complexity index is 838. The fourth-order valence-corrected chi connectivity index (χ4v) is 4.15. The van der Waals surface area contributed by atoms with E-state index in [9.17, 15) is 4.79 Å². The number of carbonyl (C=O) groups excluding carboxylic acids is 1. The minimum atomic E-state index is -0.135. The molecule has 1 atom stereocenters. The van der Waals surface area contributed by atoms with Gasteiger partial charge in [-0.05, 0) is 49.0 Å². The number of nitrogens with one attached hydrogen (secondary N) is 2. The lowest BCUT2D eigenvalue weighted by atomic mass is 10.1. The molecule has 2 aromatic heterocycles. The highest BCUT2D eigenvalue weighted by atomic mass is 32.1. The van der Waals surface area contributed by atoms with Crippen molar-refractivity contribution in [3.05, 3.63) is 65.2 Å². The van der Waals surface area contributed by atoms with E-state index in [4.69, 9.17) is 0 Å². The van der Waals surface area contributed by atoms with Crippen LogP contribution in [-0.4, -0.2) is 40.6 Å². The summed E-state index contributed by atoms with van der Waals surface area (Å²) in [4.78, 5) is 16.1. The van der Waals surface area contributed by atoms with Crippen molar-refractivity contribution in [2.45, 2.75) is 18.9 Å². The fraction of sp³-hybridized carbons (Fsp3) is 0.300. The van der Waals surface area contributed by atoms with E-state index in [0.29, 0.717) is 12.2 Å². The summed E-state index contributed by atoms with van der Waals surface area (Å²) in [6.07, 6.45) is 2.45. The van der Waals surface area contributed by atoms with Crippen molar-refractivity contribution in [3.63, 3.8) is 0 Å². The van der Waals surface area contributed by atoms with Crippen molar-refractivity contribution in [1.82, 2.24) is 20.4 Å². The van der Waals surface area contributed by atoms with Gasteiger partial charge in [0.15, 0.2) is 5.69 Å². The second-order valence-corrected chi connectivity index (χ2v) is 7.47. The van der Waals surface area contributed by atoms with Gasteiger partial charge in [-0.15, -0.1) is 11.3 Å². The van der Waals surface area contributed by atoms with Crippen molar-refractivity contribution in [1.29, 1.82) is 0 Å². The maximum atomic E-state index is 12.6. The van der Waals surface area contributed by atoms with Gasteiger partial charge in [-0.2, -0.15) is 5.10 Å². The van der Waals surface area contributed by atoms with Crippen LogP contribution in [0.3, 0.4) is 0 Å². The van der Waals surface area contributed by atoms with Gasteiger partial charge in [0.1, 0.15) is 0 Å². The molecule has 1 aliphatic rings. The number of aromatic nitrogens is 2. The summed E-state index contributed by atoms with van der Waals surface area (Å²) in [5.74, 6) is -0.135. The van der Waals surface area contributed by atoms with Crippen LogP contribution >= 0.6 is 11.3 Å². The number of nitrogens with zero attached hydrogens (tertiary/aromatic N) is 2. The van der Waals surface area contributed by atoms with Crippen molar-refractivity contribution < 1.29 is 4.79 Å². The molecule has 1 fully saturated rings. The van der Waals surface area contributed by atoms with Crippen LogP contribution in [0.4, 0.5) is 0 Å².